The highest BCUT2D eigenvalue weighted by Gasteiger charge is 2.08. The van der Waals surface area contributed by atoms with Crippen molar-refractivity contribution >= 4 is 39.9 Å². The molecule has 2 heterocycles. The standard InChI is InChI=1S/C18H13N7O2/c26-17(27)11-3-5-12(6-4-11)22-14-7-8-15(16-13(14)2-1-9-19-16)23-25-18-20-10-21-24-18/h1-10,22H,(H,26,27)(H,20,21,24)/b25-23+. The van der Waals surface area contributed by atoms with Gasteiger partial charge >= 0.3 is 5.97 Å². The van der Waals surface area contributed by atoms with E-state index in [4.69, 9.17) is 5.11 Å². The number of aromatic amines is 1. The first-order valence-corrected chi connectivity index (χ1v) is 7.96. The SMILES string of the molecule is O=C(O)c1ccc(Nc2ccc(/N=N/c3nc[nH]n3)c3ncccc23)cc1. The molecular weight excluding hydrogens is 346 g/mol. The minimum Gasteiger partial charge on any atom is -0.478 e. The van der Waals surface area contributed by atoms with E-state index in [0.29, 0.717) is 11.2 Å². The number of anilines is 2. The second kappa shape index (κ2) is 7.00. The fraction of sp³-hybridized carbons (Fsp3) is 0. The lowest BCUT2D eigenvalue weighted by Gasteiger charge is -2.11. The molecule has 27 heavy (non-hydrogen) atoms. The summed E-state index contributed by atoms with van der Waals surface area (Å²) in [5.41, 5.74) is 3.07. The van der Waals surface area contributed by atoms with Gasteiger partial charge in [0.2, 0.25) is 0 Å². The van der Waals surface area contributed by atoms with Gasteiger partial charge in [0.15, 0.2) is 0 Å². The van der Waals surface area contributed by atoms with Gasteiger partial charge in [0.1, 0.15) is 12.0 Å². The lowest BCUT2D eigenvalue weighted by atomic mass is 10.1. The van der Waals surface area contributed by atoms with Crippen LogP contribution >= 0.6 is 0 Å². The van der Waals surface area contributed by atoms with E-state index in [1.807, 2.05) is 18.2 Å². The molecule has 0 fully saturated rings. The molecule has 0 saturated heterocycles. The zero-order chi connectivity index (χ0) is 18.6. The van der Waals surface area contributed by atoms with Gasteiger partial charge in [-0.2, -0.15) is 4.98 Å². The number of fused-ring (bicyclic) bond motifs is 1. The molecule has 2 aromatic heterocycles. The predicted molar refractivity (Wildman–Crippen MR) is 99.0 cm³/mol. The second-order valence-corrected chi connectivity index (χ2v) is 5.54. The molecular formula is C18H13N7O2. The molecule has 0 aliphatic heterocycles. The topological polar surface area (TPSA) is 129 Å². The average Bonchev–Trinajstić information content (AvgIpc) is 3.21. The number of hydrogen-bond acceptors (Lipinski definition) is 7. The van der Waals surface area contributed by atoms with Crippen molar-refractivity contribution in [2.24, 2.45) is 10.2 Å². The molecule has 2 aromatic carbocycles. The summed E-state index contributed by atoms with van der Waals surface area (Å²) in [4.78, 5) is 19.3. The monoisotopic (exact) mass is 359 g/mol. The van der Waals surface area contributed by atoms with Crippen LogP contribution in [0.3, 0.4) is 0 Å². The number of carboxylic acid groups (broad SMARTS) is 1. The molecule has 9 heteroatoms. The summed E-state index contributed by atoms with van der Waals surface area (Å²) < 4.78 is 0. The maximum absolute atomic E-state index is 11.0. The highest BCUT2D eigenvalue weighted by atomic mass is 16.4. The molecule has 0 atom stereocenters. The molecule has 0 saturated carbocycles. The molecule has 9 nitrogen and oxygen atoms in total. The highest BCUT2D eigenvalue weighted by molar-refractivity contribution is 5.99. The quantitative estimate of drug-likeness (QED) is 0.458. The van der Waals surface area contributed by atoms with Gasteiger partial charge in [-0.1, -0.05) is 0 Å². The number of aromatic nitrogens is 4. The van der Waals surface area contributed by atoms with Crippen molar-refractivity contribution in [3.63, 3.8) is 0 Å². The molecule has 0 aliphatic carbocycles. The molecule has 0 radical (unpaired) electrons. The van der Waals surface area contributed by atoms with Crippen LogP contribution in [0.25, 0.3) is 10.9 Å². The number of aromatic carboxylic acids is 1. The molecule has 4 aromatic rings. The van der Waals surface area contributed by atoms with Gasteiger partial charge in [-0.3, -0.25) is 10.1 Å². The lowest BCUT2D eigenvalue weighted by molar-refractivity contribution is 0.0697. The minimum atomic E-state index is -0.961. The number of carboxylic acids is 1. The van der Waals surface area contributed by atoms with E-state index in [-0.39, 0.29) is 11.5 Å². The molecule has 132 valence electrons. The molecule has 0 aliphatic rings. The number of rotatable bonds is 5. The van der Waals surface area contributed by atoms with E-state index in [0.717, 1.165) is 16.8 Å². The van der Waals surface area contributed by atoms with Gasteiger partial charge in [0.05, 0.1) is 11.1 Å². The first-order chi connectivity index (χ1) is 13.2. The number of nitrogens with zero attached hydrogens (tertiary/aromatic N) is 5. The Morgan fingerprint density at radius 2 is 1.89 bits per heavy atom. The Morgan fingerprint density at radius 1 is 1.04 bits per heavy atom. The highest BCUT2D eigenvalue weighted by Crippen LogP contribution is 2.32. The molecule has 0 bridgehead atoms. The van der Waals surface area contributed by atoms with Crippen LogP contribution in [0.4, 0.5) is 23.0 Å². The summed E-state index contributed by atoms with van der Waals surface area (Å²) in [7, 11) is 0. The maximum atomic E-state index is 11.0. The summed E-state index contributed by atoms with van der Waals surface area (Å²) in [6.07, 6.45) is 3.10. The smallest absolute Gasteiger partial charge is 0.335 e. The van der Waals surface area contributed by atoms with Crippen LogP contribution in [0.15, 0.2) is 71.3 Å². The first-order valence-electron chi connectivity index (χ1n) is 7.96. The van der Waals surface area contributed by atoms with Crippen LogP contribution in [0.2, 0.25) is 0 Å². The van der Waals surface area contributed by atoms with Crippen LogP contribution in [-0.2, 0) is 0 Å². The predicted octanol–water partition coefficient (Wildman–Crippen LogP) is 4.21. The third kappa shape index (κ3) is 3.47. The Bertz CT molecular complexity index is 1120. The largest absolute Gasteiger partial charge is 0.478 e. The normalized spacial score (nSPS) is 11.1. The van der Waals surface area contributed by atoms with Crippen LogP contribution < -0.4 is 5.32 Å². The van der Waals surface area contributed by atoms with Gasteiger partial charge in [-0.15, -0.1) is 15.3 Å². The van der Waals surface area contributed by atoms with Crippen LogP contribution in [0, 0.1) is 0 Å². The maximum Gasteiger partial charge on any atom is 0.335 e. The zero-order valence-corrected chi connectivity index (χ0v) is 13.9. The van der Waals surface area contributed by atoms with E-state index in [1.165, 1.54) is 6.33 Å². The van der Waals surface area contributed by atoms with E-state index in [2.05, 4.69) is 35.7 Å². The Morgan fingerprint density at radius 3 is 2.63 bits per heavy atom. The van der Waals surface area contributed by atoms with Crippen LogP contribution in [0.1, 0.15) is 10.4 Å². The Hall–Kier alpha value is -4.14. The Balaban J connectivity index is 1.68. The molecule has 0 amide bonds. The van der Waals surface area contributed by atoms with E-state index >= 15 is 0 Å². The molecule has 4 rings (SSSR count). The van der Waals surface area contributed by atoms with Crippen molar-refractivity contribution in [1.82, 2.24) is 20.2 Å². The van der Waals surface area contributed by atoms with Crippen molar-refractivity contribution in [2.75, 3.05) is 5.32 Å². The fourth-order valence-corrected chi connectivity index (χ4v) is 2.55. The van der Waals surface area contributed by atoms with Gasteiger partial charge in [0, 0.05) is 23.0 Å². The van der Waals surface area contributed by atoms with Crippen molar-refractivity contribution in [2.45, 2.75) is 0 Å². The molecule has 0 unspecified atom stereocenters. The fourth-order valence-electron chi connectivity index (χ4n) is 2.55. The summed E-state index contributed by atoms with van der Waals surface area (Å²) in [5.74, 6) is -0.725. The van der Waals surface area contributed by atoms with E-state index in [9.17, 15) is 4.79 Å². The molecule has 3 N–H and O–H groups in total. The van der Waals surface area contributed by atoms with Gasteiger partial charge in [0.25, 0.3) is 5.95 Å². The van der Waals surface area contributed by atoms with E-state index < -0.39 is 5.97 Å². The van der Waals surface area contributed by atoms with Crippen LogP contribution in [-0.4, -0.2) is 31.2 Å². The number of azo groups is 1. The number of H-pyrrole nitrogens is 1. The number of nitrogens with one attached hydrogen (secondary N) is 2. The van der Waals surface area contributed by atoms with Crippen molar-refractivity contribution in [3.8, 4) is 0 Å². The lowest BCUT2D eigenvalue weighted by Crippen LogP contribution is -1.97. The zero-order valence-electron chi connectivity index (χ0n) is 13.9. The van der Waals surface area contributed by atoms with E-state index in [1.54, 1.807) is 36.5 Å². The van der Waals surface area contributed by atoms with Gasteiger partial charge < -0.3 is 10.4 Å². The van der Waals surface area contributed by atoms with Crippen molar-refractivity contribution < 1.29 is 9.90 Å². The average molecular weight is 359 g/mol. The number of benzene rings is 2. The third-order valence-electron chi connectivity index (χ3n) is 3.81. The number of carbonyl (C=O) groups is 1. The van der Waals surface area contributed by atoms with Crippen LogP contribution in [0.5, 0.6) is 0 Å². The summed E-state index contributed by atoms with van der Waals surface area (Å²) in [6, 6.07) is 13.9. The summed E-state index contributed by atoms with van der Waals surface area (Å²) in [5, 5.41) is 27.7. The number of pyridine rings is 1. The Labute approximate surface area is 152 Å². The third-order valence-corrected chi connectivity index (χ3v) is 3.81. The first kappa shape index (κ1) is 16.3. The number of hydrogen-bond donors (Lipinski definition) is 3. The minimum absolute atomic E-state index is 0.231. The van der Waals surface area contributed by atoms with Crippen molar-refractivity contribution in [3.05, 3.63) is 66.6 Å². The van der Waals surface area contributed by atoms with Gasteiger partial charge in [-0.05, 0) is 48.5 Å². The molecule has 0 spiro atoms. The summed E-state index contributed by atoms with van der Waals surface area (Å²) >= 11 is 0. The Kier molecular flexibility index (Phi) is 4.24. The summed E-state index contributed by atoms with van der Waals surface area (Å²) in [6.45, 7) is 0. The van der Waals surface area contributed by atoms with Crippen molar-refractivity contribution in [1.29, 1.82) is 0 Å². The second-order valence-electron chi connectivity index (χ2n) is 5.54. The van der Waals surface area contributed by atoms with Gasteiger partial charge in [-0.25, -0.2) is 4.79 Å².